The van der Waals surface area contributed by atoms with Gasteiger partial charge in [-0.3, -0.25) is 19.7 Å². The molecule has 0 spiro atoms. The highest BCUT2D eigenvalue weighted by atomic mass is 19.1. The number of alkyl halides is 1. The SMILES string of the molecule is C[C@H](F)[C@H]1C(=O)N2C(C(=O)OCc3ccc([N+](=O)[O-])cc3)C(=O)C[C@H]12. The Bertz CT molecular complexity index is 747. The zero-order chi connectivity index (χ0) is 18.3. The van der Waals surface area contributed by atoms with Crippen LogP contribution in [0.25, 0.3) is 0 Å². The molecule has 132 valence electrons. The van der Waals surface area contributed by atoms with Crippen LogP contribution in [0.2, 0.25) is 0 Å². The number of esters is 1. The summed E-state index contributed by atoms with van der Waals surface area (Å²) in [5.74, 6) is -2.76. The highest BCUT2D eigenvalue weighted by molar-refractivity contribution is 6.11. The second-order valence-corrected chi connectivity index (χ2v) is 6.12. The number of hydrogen-bond acceptors (Lipinski definition) is 6. The van der Waals surface area contributed by atoms with Gasteiger partial charge in [-0.15, -0.1) is 0 Å². The van der Waals surface area contributed by atoms with Crippen LogP contribution >= 0.6 is 0 Å². The lowest BCUT2D eigenvalue weighted by Crippen LogP contribution is -2.64. The Kier molecular flexibility index (Phi) is 4.23. The third kappa shape index (κ3) is 2.86. The first kappa shape index (κ1) is 17.0. The predicted molar refractivity (Wildman–Crippen MR) is 81.0 cm³/mol. The van der Waals surface area contributed by atoms with Crippen LogP contribution in [-0.4, -0.2) is 45.7 Å². The van der Waals surface area contributed by atoms with Crippen molar-refractivity contribution in [2.24, 2.45) is 5.92 Å². The van der Waals surface area contributed by atoms with Crippen molar-refractivity contribution in [1.82, 2.24) is 4.90 Å². The quantitative estimate of drug-likeness (QED) is 0.259. The summed E-state index contributed by atoms with van der Waals surface area (Å²) in [5, 5.41) is 10.6. The number of Topliss-reactive ketones (excluding diaryl/α,β-unsaturated/α-hetero) is 1. The van der Waals surface area contributed by atoms with Gasteiger partial charge in [-0.1, -0.05) is 0 Å². The van der Waals surface area contributed by atoms with Crippen LogP contribution in [0, 0.1) is 16.0 Å². The minimum absolute atomic E-state index is 0.0536. The van der Waals surface area contributed by atoms with Gasteiger partial charge in [0.1, 0.15) is 12.8 Å². The minimum atomic E-state index is -1.38. The lowest BCUT2D eigenvalue weighted by atomic mass is 9.85. The fourth-order valence-corrected chi connectivity index (χ4v) is 3.30. The van der Waals surface area contributed by atoms with E-state index in [1.807, 2.05) is 0 Å². The number of carbonyl (C=O) groups excluding carboxylic acids is 3. The average molecular weight is 350 g/mol. The van der Waals surface area contributed by atoms with E-state index in [0.717, 1.165) is 4.90 Å². The maximum absolute atomic E-state index is 13.4. The molecular weight excluding hydrogens is 335 g/mol. The van der Waals surface area contributed by atoms with Gasteiger partial charge in [0, 0.05) is 18.6 Å². The first-order chi connectivity index (χ1) is 11.8. The second-order valence-electron chi connectivity index (χ2n) is 6.12. The maximum Gasteiger partial charge on any atom is 0.337 e. The Labute approximate surface area is 141 Å². The van der Waals surface area contributed by atoms with E-state index < -0.39 is 46.8 Å². The molecule has 2 saturated heterocycles. The fraction of sp³-hybridized carbons (Fsp3) is 0.438. The molecule has 0 N–H and O–H groups in total. The molecule has 1 amide bonds. The van der Waals surface area contributed by atoms with Gasteiger partial charge < -0.3 is 9.64 Å². The van der Waals surface area contributed by atoms with Crippen LogP contribution in [0.1, 0.15) is 18.9 Å². The number of non-ortho nitro benzene ring substituents is 1. The van der Waals surface area contributed by atoms with Crippen LogP contribution in [0.15, 0.2) is 24.3 Å². The van der Waals surface area contributed by atoms with Gasteiger partial charge in [-0.05, 0) is 24.6 Å². The smallest absolute Gasteiger partial charge is 0.337 e. The second kappa shape index (κ2) is 6.23. The van der Waals surface area contributed by atoms with E-state index in [2.05, 4.69) is 0 Å². The lowest BCUT2D eigenvalue weighted by Gasteiger charge is -2.44. The number of benzene rings is 1. The molecule has 9 heteroatoms. The van der Waals surface area contributed by atoms with E-state index in [4.69, 9.17) is 4.74 Å². The number of fused-ring (bicyclic) bond motifs is 1. The summed E-state index contributed by atoms with van der Waals surface area (Å²) in [6.45, 7) is 1.07. The van der Waals surface area contributed by atoms with Crippen molar-refractivity contribution in [1.29, 1.82) is 0 Å². The third-order valence-corrected chi connectivity index (χ3v) is 4.55. The number of amides is 1. The van der Waals surface area contributed by atoms with Crippen molar-refractivity contribution >= 4 is 23.3 Å². The van der Waals surface area contributed by atoms with Gasteiger partial charge in [0.25, 0.3) is 5.69 Å². The number of ether oxygens (including phenoxy) is 1. The normalized spacial score (nSPS) is 26.0. The summed E-state index contributed by atoms with van der Waals surface area (Å²) in [4.78, 5) is 47.3. The molecule has 0 bridgehead atoms. The summed E-state index contributed by atoms with van der Waals surface area (Å²) in [5.41, 5.74) is 0.410. The summed E-state index contributed by atoms with van der Waals surface area (Å²) in [6.07, 6.45) is -1.43. The predicted octanol–water partition coefficient (Wildman–Crippen LogP) is 1.16. The van der Waals surface area contributed by atoms with Gasteiger partial charge >= 0.3 is 5.97 Å². The minimum Gasteiger partial charge on any atom is -0.459 e. The van der Waals surface area contributed by atoms with Crippen molar-refractivity contribution in [3.8, 4) is 0 Å². The maximum atomic E-state index is 13.4. The largest absolute Gasteiger partial charge is 0.459 e. The van der Waals surface area contributed by atoms with Gasteiger partial charge in [0.2, 0.25) is 5.91 Å². The number of rotatable bonds is 5. The van der Waals surface area contributed by atoms with Crippen LogP contribution in [0.5, 0.6) is 0 Å². The van der Waals surface area contributed by atoms with E-state index in [-0.39, 0.29) is 18.7 Å². The number of carbonyl (C=O) groups is 3. The molecule has 0 radical (unpaired) electrons. The topological polar surface area (TPSA) is 107 Å². The van der Waals surface area contributed by atoms with E-state index >= 15 is 0 Å². The fourth-order valence-electron chi connectivity index (χ4n) is 3.30. The standard InChI is InChI=1S/C16H15FN2O6/c1-8(17)13-11-6-12(20)14(18(11)15(13)21)16(22)25-7-9-2-4-10(5-3-9)19(23)24/h2-5,8,11,13-14H,6-7H2,1H3/t8-,11+,13+,14?/m0/s1. The number of β-lactam (4-membered cyclic amide) rings is 1. The van der Waals surface area contributed by atoms with Crippen molar-refractivity contribution in [3.05, 3.63) is 39.9 Å². The molecule has 4 atom stereocenters. The molecule has 2 aliphatic rings. The molecule has 3 rings (SSSR count). The summed E-state index contributed by atoms with van der Waals surface area (Å²) >= 11 is 0. The monoisotopic (exact) mass is 350 g/mol. The van der Waals surface area contributed by atoms with Gasteiger partial charge in [-0.25, -0.2) is 9.18 Å². The zero-order valence-corrected chi connectivity index (χ0v) is 13.3. The molecule has 0 saturated carbocycles. The van der Waals surface area contributed by atoms with Crippen LogP contribution in [-0.2, 0) is 25.7 Å². The molecule has 2 aliphatic heterocycles. The molecule has 1 aromatic carbocycles. The lowest BCUT2D eigenvalue weighted by molar-refractivity contribution is -0.384. The summed E-state index contributed by atoms with van der Waals surface area (Å²) in [7, 11) is 0. The van der Waals surface area contributed by atoms with E-state index in [9.17, 15) is 28.9 Å². The van der Waals surface area contributed by atoms with Crippen molar-refractivity contribution in [2.75, 3.05) is 0 Å². The average Bonchev–Trinajstić information content (AvgIpc) is 2.85. The molecule has 2 heterocycles. The van der Waals surface area contributed by atoms with E-state index in [0.29, 0.717) is 5.56 Å². The summed E-state index contributed by atoms with van der Waals surface area (Å²) < 4.78 is 18.5. The highest BCUT2D eigenvalue weighted by Gasteiger charge is 2.61. The van der Waals surface area contributed by atoms with Gasteiger partial charge in [0.05, 0.1) is 16.9 Å². The number of nitro benzene ring substituents is 1. The van der Waals surface area contributed by atoms with Crippen molar-refractivity contribution < 1.29 is 28.4 Å². The Morgan fingerprint density at radius 1 is 1.40 bits per heavy atom. The molecule has 2 fully saturated rings. The number of nitro groups is 1. The molecule has 1 aromatic rings. The highest BCUT2D eigenvalue weighted by Crippen LogP contribution is 2.40. The van der Waals surface area contributed by atoms with E-state index in [1.54, 1.807) is 0 Å². The Morgan fingerprint density at radius 3 is 2.60 bits per heavy atom. The Morgan fingerprint density at radius 2 is 2.04 bits per heavy atom. The molecule has 25 heavy (non-hydrogen) atoms. The first-order valence-corrected chi connectivity index (χ1v) is 7.70. The number of nitrogens with zero attached hydrogens (tertiary/aromatic N) is 2. The third-order valence-electron chi connectivity index (χ3n) is 4.55. The van der Waals surface area contributed by atoms with Crippen molar-refractivity contribution in [3.63, 3.8) is 0 Å². The number of halogens is 1. The number of ketones is 1. The van der Waals surface area contributed by atoms with Gasteiger partial charge in [0.15, 0.2) is 11.8 Å². The van der Waals surface area contributed by atoms with E-state index in [1.165, 1.54) is 31.2 Å². The van der Waals surface area contributed by atoms with Crippen LogP contribution < -0.4 is 0 Å². The van der Waals surface area contributed by atoms with Crippen LogP contribution in [0.4, 0.5) is 10.1 Å². The van der Waals surface area contributed by atoms with Crippen LogP contribution in [0.3, 0.4) is 0 Å². The van der Waals surface area contributed by atoms with Gasteiger partial charge in [-0.2, -0.15) is 0 Å². The molecule has 8 nitrogen and oxygen atoms in total. The Hall–Kier alpha value is -2.84. The molecule has 0 aromatic heterocycles. The Balaban J connectivity index is 1.63. The number of hydrogen-bond donors (Lipinski definition) is 0. The zero-order valence-electron chi connectivity index (χ0n) is 13.3. The van der Waals surface area contributed by atoms with Crippen molar-refractivity contribution in [2.45, 2.75) is 38.2 Å². The molecule has 1 unspecified atom stereocenters. The summed E-state index contributed by atoms with van der Waals surface area (Å²) in [6, 6.07) is 3.49. The molecular formula is C16H15FN2O6. The molecule has 0 aliphatic carbocycles. The first-order valence-electron chi connectivity index (χ1n) is 7.70.